The second-order valence-electron chi connectivity index (χ2n) is 21.6. The highest BCUT2D eigenvalue weighted by molar-refractivity contribution is 7.13. The first-order valence-electron chi connectivity index (χ1n) is 28.1. The highest BCUT2D eigenvalue weighted by atomic mass is 32.1. The predicted octanol–water partition coefficient (Wildman–Crippen LogP) is 8.59. The van der Waals surface area contributed by atoms with E-state index in [0.717, 1.165) is 85.9 Å². The highest BCUT2D eigenvalue weighted by Crippen LogP contribution is 2.37. The average Bonchev–Trinajstić information content (AvgIpc) is 4.17. The van der Waals surface area contributed by atoms with Crippen molar-refractivity contribution in [3.63, 3.8) is 0 Å². The Bertz CT molecular complexity index is 3110. The first-order valence-corrected chi connectivity index (χ1v) is 28.9. The molecule has 0 radical (unpaired) electrons. The zero-order chi connectivity index (χ0) is 56.6. The van der Waals surface area contributed by atoms with Gasteiger partial charge in [-0.1, -0.05) is 56.3 Å². The Morgan fingerprint density at radius 3 is 2.35 bits per heavy atom. The highest BCUT2D eigenvalue weighted by Gasteiger charge is 2.45. The SMILES string of the molecule is CCN(c1cc(-c2ccc(OCCOCCOc3cc(-c4scnc4C)ccc3CCC(=O)C3C[C@@H](O)CN3C(=O)[C@H](C(C)C)N3Cc4ccccc4C3=O)cc2)cc(C(=O)NCC2=C(C)C=C(C)NC2O)c1C)C1CCOCC1. The minimum absolute atomic E-state index is 0.0279. The number of rotatable bonds is 23. The van der Waals surface area contributed by atoms with E-state index in [4.69, 9.17) is 18.9 Å². The molecule has 0 saturated carbocycles. The number of dihydropyridines is 1. The van der Waals surface area contributed by atoms with E-state index in [1.54, 1.807) is 11.0 Å². The molecule has 424 valence electrons. The predicted molar refractivity (Wildman–Crippen MR) is 310 cm³/mol. The number of carbonyl (C=O) groups excluding carboxylic acids is 4. The second kappa shape index (κ2) is 26.1. The summed E-state index contributed by atoms with van der Waals surface area (Å²) < 4.78 is 24.2. The summed E-state index contributed by atoms with van der Waals surface area (Å²) in [5, 5.41) is 27.7. The first-order chi connectivity index (χ1) is 38.6. The number of ketones is 1. The first kappa shape index (κ1) is 57.8. The fraction of sp³-hybridized carbons (Fsp3) is 0.444. The van der Waals surface area contributed by atoms with Crippen molar-refractivity contribution < 1.29 is 48.3 Å². The molecule has 0 aliphatic carbocycles. The van der Waals surface area contributed by atoms with Crippen LogP contribution in [0.5, 0.6) is 11.5 Å². The number of aryl methyl sites for hydroxylation is 2. The van der Waals surface area contributed by atoms with E-state index in [1.807, 2.05) is 120 Å². The summed E-state index contributed by atoms with van der Waals surface area (Å²) >= 11 is 1.54. The van der Waals surface area contributed by atoms with Crippen LogP contribution < -0.4 is 25.0 Å². The number of anilines is 1. The van der Waals surface area contributed by atoms with Gasteiger partial charge in [0.1, 0.15) is 37.0 Å². The number of aromatic nitrogens is 1. The number of allylic oxidation sites excluding steroid dienone is 3. The summed E-state index contributed by atoms with van der Waals surface area (Å²) in [6.45, 7) is 17.6. The number of hydrogen-bond acceptors (Lipinski definition) is 14. The standard InChI is InChI=1S/C63H76N6O10S/c1-8-67(48-21-23-76-24-22-48)54-31-47(30-52(41(54)6)60(72)64-34-53-39(4)29-40(5)66-61(53)73)43-15-18-50(19-16-43)78-27-25-77-26-28-79-57-32-45(59-42(7)65-37-80-59)14-13-44(57)17-20-56(71)55-33-49(70)36-68(55)63(75)58(38(2)3)69-35-46-11-9-10-12-51(46)62(69)74/h9-16,18-19,29-32,37-38,48-49,55,58,61,66,70,73H,8,17,20-28,33-36H2,1-7H3,(H,64,72)/t49-,55?,58+,61?/m1/s1. The molecular formula is C63H76N6O10S. The van der Waals surface area contributed by atoms with E-state index < -0.39 is 24.4 Å². The van der Waals surface area contributed by atoms with Crippen LogP contribution in [-0.4, -0.2) is 138 Å². The van der Waals surface area contributed by atoms with Crippen LogP contribution in [-0.2, 0) is 32.0 Å². The van der Waals surface area contributed by atoms with Crippen molar-refractivity contribution in [2.75, 3.05) is 64.2 Å². The van der Waals surface area contributed by atoms with Crippen molar-refractivity contribution in [2.24, 2.45) is 5.92 Å². The number of ether oxygens (including phenoxy) is 4. The molecule has 17 heteroatoms. The molecule has 4 N–H and O–H groups in total. The lowest BCUT2D eigenvalue weighted by atomic mass is 9.95. The number of amides is 3. The average molecular weight is 1110 g/mol. The molecule has 80 heavy (non-hydrogen) atoms. The third kappa shape index (κ3) is 13.1. The molecule has 1 aromatic heterocycles. The lowest BCUT2D eigenvalue weighted by Crippen LogP contribution is -2.54. The van der Waals surface area contributed by atoms with E-state index in [1.165, 1.54) is 16.2 Å². The summed E-state index contributed by atoms with van der Waals surface area (Å²) in [5.41, 5.74) is 12.8. The summed E-state index contributed by atoms with van der Waals surface area (Å²) in [5.74, 6) is 0.172. The molecule has 4 atom stereocenters. The normalized spacial score (nSPS) is 18.8. The second-order valence-corrected chi connectivity index (χ2v) is 22.5. The Morgan fingerprint density at radius 2 is 1.65 bits per heavy atom. The Labute approximate surface area is 473 Å². The molecule has 2 unspecified atom stereocenters. The van der Waals surface area contributed by atoms with Crippen LogP contribution in [0.3, 0.4) is 0 Å². The molecule has 0 spiro atoms. The zero-order valence-corrected chi connectivity index (χ0v) is 47.9. The number of aliphatic hydroxyl groups excluding tert-OH is 2. The van der Waals surface area contributed by atoms with Gasteiger partial charge in [0.2, 0.25) is 5.91 Å². The van der Waals surface area contributed by atoms with Gasteiger partial charge in [0.05, 0.1) is 41.4 Å². The summed E-state index contributed by atoms with van der Waals surface area (Å²) in [6.07, 6.45) is 2.65. The molecule has 2 saturated heterocycles. The van der Waals surface area contributed by atoms with Crippen molar-refractivity contribution in [3.05, 3.63) is 141 Å². The van der Waals surface area contributed by atoms with Gasteiger partial charge in [0, 0.05) is 86.4 Å². The number of β-amino-alcohol motifs (C(OH)–C–C–N with tert-alkyl or cyclic N) is 1. The van der Waals surface area contributed by atoms with Gasteiger partial charge in [0.15, 0.2) is 5.78 Å². The molecule has 3 amide bonds. The largest absolute Gasteiger partial charge is 0.491 e. The van der Waals surface area contributed by atoms with E-state index >= 15 is 0 Å². The van der Waals surface area contributed by atoms with Gasteiger partial charge < -0.3 is 54.5 Å². The Balaban J connectivity index is 0.808. The van der Waals surface area contributed by atoms with E-state index in [0.29, 0.717) is 62.0 Å². The number of Topliss-reactive ketones (excluding diaryl/α,β-unsaturated/α-hetero) is 1. The van der Waals surface area contributed by atoms with Gasteiger partial charge in [0.25, 0.3) is 11.8 Å². The van der Waals surface area contributed by atoms with Crippen molar-refractivity contribution in [1.29, 1.82) is 0 Å². The maximum Gasteiger partial charge on any atom is 0.255 e. The summed E-state index contributed by atoms with van der Waals surface area (Å²) in [6, 6.07) is 24.0. The van der Waals surface area contributed by atoms with Gasteiger partial charge in [-0.15, -0.1) is 11.3 Å². The molecule has 2 fully saturated rings. The number of nitrogens with zero attached hydrogens (tertiary/aromatic N) is 4. The maximum absolute atomic E-state index is 14.4. The lowest BCUT2D eigenvalue weighted by molar-refractivity contribution is -0.142. The number of likely N-dealkylation sites (tertiary alicyclic amines) is 1. The van der Waals surface area contributed by atoms with Crippen LogP contribution in [0.1, 0.15) is 103 Å². The van der Waals surface area contributed by atoms with Crippen molar-refractivity contribution in [2.45, 2.75) is 118 Å². The molecule has 5 aromatic rings. The molecule has 4 aliphatic heterocycles. The molecule has 9 rings (SSSR count). The monoisotopic (exact) mass is 1110 g/mol. The molecule has 0 bridgehead atoms. The van der Waals surface area contributed by atoms with Crippen LogP contribution in [0, 0.1) is 19.8 Å². The van der Waals surface area contributed by atoms with Gasteiger partial charge in [-0.25, -0.2) is 4.98 Å². The molecule has 4 aliphatic rings. The summed E-state index contributed by atoms with van der Waals surface area (Å²) in [4.78, 5) is 67.0. The maximum atomic E-state index is 14.4. The van der Waals surface area contributed by atoms with Crippen LogP contribution in [0.4, 0.5) is 5.69 Å². The minimum Gasteiger partial charge on any atom is -0.491 e. The summed E-state index contributed by atoms with van der Waals surface area (Å²) in [7, 11) is 0. The van der Waals surface area contributed by atoms with Gasteiger partial charge in [-0.3, -0.25) is 19.2 Å². The van der Waals surface area contributed by atoms with Crippen molar-refractivity contribution in [3.8, 4) is 33.1 Å². The number of fused-ring (bicyclic) bond motifs is 1. The quantitative estimate of drug-likeness (QED) is 0.0455. The zero-order valence-electron chi connectivity index (χ0n) is 47.1. The van der Waals surface area contributed by atoms with E-state index in [-0.39, 0.29) is 74.6 Å². The van der Waals surface area contributed by atoms with Crippen LogP contribution >= 0.6 is 11.3 Å². The number of nitrogens with one attached hydrogen (secondary N) is 2. The number of thiazole rings is 1. The molecule has 4 aromatic carbocycles. The van der Waals surface area contributed by atoms with E-state index in [2.05, 4.69) is 33.5 Å². The molecule has 5 heterocycles. The molecular weight excluding hydrogens is 1030 g/mol. The fourth-order valence-electron chi connectivity index (χ4n) is 11.6. The lowest BCUT2D eigenvalue weighted by Gasteiger charge is -2.37. The van der Waals surface area contributed by atoms with Crippen LogP contribution in [0.2, 0.25) is 0 Å². The topological polar surface area (TPSA) is 192 Å². The van der Waals surface area contributed by atoms with Gasteiger partial charge in [-0.2, -0.15) is 0 Å². The smallest absolute Gasteiger partial charge is 0.255 e. The third-order valence-corrected chi connectivity index (χ3v) is 16.8. The number of benzene rings is 4. The van der Waals surface area contributed by atoms with Gasteiger partial charge in [-0.05, 0) is 141 Å². The Hall–Kier alpha value is -6.89. The van der Waals surface area contributed by atoms with E-state index in [9.17, 15) is 29.4 Å². The third-order valence-electron chi connectivity index (χ3n) is 15.9. The Morgan fingerprint density at radius 1 is 0.912 bits per heavy atom. The van der Waals surface area contributed by atoms with Crippen molar-refractivity contribution in [1.82, 2.24) is 25.4 Å². The van der Waals surface area contributed by atoms with Gasteiger partial charge >= 0.3 is 0 Å². The Kier molecular flexibility index (Phi) is 18.9. The van der Waals surface area contributed by atoms with Crippen LogP contribution in [0.25, 0.3) is 21.6 Å². The fourth-order valence-corrected chi connectivity index (χ4v) is 12.4. The van der Waals surface area contributed by atoms with Crippen LogP contribution in [0.15, 0.2) is 107 Å². The number of hydrogen-bond donors (Lipinski definition) is 4. The number of carbonyl (C=O) groups is 4. The van der Waals surface area contributed by atoms with Crippen molar-refractivity contribution >= 4 is 40.5 Å². The molecule has 16 nitrogen and oxygen atoms in total. The number of aliphatic hydroxyl groups is 2. The minimum atomic E-state index is -0.873.